The van der Waals surface area contributed by atoms with E-state index in [0.29, 0.717) is 17.2 Å². The molecule has 0 saturated heterocycles. The minimum Gasteiger partial charge on any atom is -0.398 e. The van der Waals surface area contributed by atoms with E-state index in [0.717, 1.165) is 25.2 Å². The number of Topliss-reactive ketones (excluding diaryl/α,β-unsaturated/α-hetero) is 1. The van der Waals surface area contributed by atoms with E-state index in [4.69, 9.17) is 5.73 Å². The van der Waals surface area contributed by atoms with E-state index in [1.54, 1.807) is 6.92 Å². The summed E-state index contributed by atoms with van der Waals surface area (Å²) in [4.78, 5) is 13.6. The van der Waals surface area contributed by atoms with Gasteiger partial charge in [-0.15, -0.1) is 0 Å². The molecule has 1 aromatic carbocycles. The van der Waals surface area contributed by atoms with E-state index in [9.17, 15) is 4.79 Å². The van der Waals surface area contributed by atoms with Gasteiger partial charge in [-0.05, 0) is 38.0 Å². The summed E-state index contributed by atoms with van der Waals surface area (Å²) in [7, 11) is 0. The first-order valence-electron chi connectivity index (χ1n) is 6.64. The van der Waals surface area contributed by atoms with E-state index in [2.05, 4.69) is 25.7 Å². The number of benzene rings is 1. The van der Waals surface area contributed by atoms with Gasteiger partial charge in [0, 0.05) is 30.0 Å². The van der Waals surface area contributed by atoms with Crippen LogP contribution in [0.3, 0.4) is 0 Å². The predicted molar refractivity (Wildman–Crippen MR) is 78.2 cm³/mol. The van der Waals surface area contributed by atoms with E-state index in [1.165, 1.54) is 0 Å². The fourth-order valence-corrected chi connectivity index (χ4v) is 1.99. The van der Waals surface area contributed by atoms with Crippen molar-refractivity contribution in [2.24, 2.45) is 5.92 Å². The molecule has 1 aromatic rings. The molecule has 100 valence electrons. The van der Waals surface area contributed by atoms with Crippen LogP contribution in [0.2, 0.25) is 0 Å². The van der Waals surface area contributed by atoms with Gasteiger partial charge in [0.2, 0.25) is 0 Å². The van der Waals surface area contributed by atoms with Gasteiger partial charge in [0.25, 0.3) is 0 Å². The first-order chi connectivity index (χ1) is 8.49. The highest BCUT2D eigenvalue weighted by Crippen LogP contribution is 2.23. The molecule has 3 heteroatoms. The van der Waals surface area contributed by atoms with Gasteiger partial charge in [-0.3, -0.25) is 4.79 Å². The average molecular weight is 248 g/mol. The maximum Gasteiger partial charge on any atom is 0.161 e. The number of carbonyl (C=O) groups excluding carboxylic acids is 1. The smallest absolute Gasteiger partial charge is 0.161 e. The van der Waals surface area contributed by atoms with Gasteiger partial charge < -0.3 is 10.6 Å². The highest BCUT2D eigenvalue weighted by Gasteiger charge is 2.11. The number of anilines is 2. The molecule has 1 unspecified atom stereocenters. The normalized spacial score (nSPS) is 12.2. The highest BCUT2D eigenvalue weighted by atomic mass is 16.1. The van der Waals surface area contributed by atoms with E-state index >= 15 is 0 Å². The van der Waals surface area contributed by atoms with Gasteiger partial charge in [0.05, 0.1) is 0 Å². The second-order valence-corrected chi connectivity index (χ2v) is 4.88. The Labute approximate surface area is 110 Å². The number of hydrogen-bond donors (Lipinski definition) is 1. The van der Waals surface area contributed by atoms with Crippen LogP contribution in [0.4, 0.5) is 11.4 Å². The molecular weight excluding hydrogens is 224 g/mol. The van der Waals surface area contributed by atoms with Crippen LogP contribution in [-0.4, -0.2) is 18.9 Å². The molecule has 3 nitrogen and oxygen atoms in total. The monoisotopic (exact) mass is 248 g/mol. The Morgan fingerprint density at radius 1 is 1.39 bits per heavy atom. The molecule has 0 fully saturated rings. The molecule has 18 heavy (non-hydrogen) atoms. The van der Waals surface area contributed by atoms with E-state index < -0.39 is 0 Å². The van der Waals surface area contributed by atoms with Crippen molar-refractivity contribution in [3.8, 4) is 0 Å². The molecule has 0 saturated carbocycles. The molecule has 0 bridgehead atoms. The maximum absolute atomic E-state index is 11.3. The van der Waals surface area contributed by atoms with Gasteiger partial charge in [0.1, 0.15) is 0 Å². The number of nitrogens with two attached hydrogens (primary N) is 1. The molecule has 2 N–H and O–H groups in total. The average Bonchev–Trinajstić information content (AvgIpc) is 2.34. The van der Waals surface area contributed by atoms with Gasteiger partial charge in [-0.25, -0.2) is 0 Å². The predicted octanol–water partition coefficient (Wildman–Crippen LogP) is 3.34. The number of carbonyl (C=O) groups is 1. The first-order valence-corrected chi connectivity index (χ1v) is 6.64. The maximum atomic E-state index is 11.3. The lowest BCUT2D eigenvalue weighted by molar-refractivity contribution is 0.101. The molecule has 1 atom stereocenters. The van der Waals surface area contributed by atoms with Crippen molar-refractivity contribution >= 4 is 17.2 Å². The van der Waals surface area contributed by atoms with Crippen LogP contribution >= 0.6 is 0 Å². The van der Waals surface area contributed by atoms with Crippen molar-refractivity contribution in [3.05, 3.63) is 23.8 Å². The number of nitrogen functional groups attached to an aromatic ring is 1. The zero-order chi connectivity index (χ0) is 13.7. The molecular formula is C15H24N2O. The van der Waals surface area contributed by atoms with Gasteiger partial charge >= 0.3 is 0 Å². The molecule has 1 rings (SSSR count). The molecule has 0 heterocycles. The molecule has 0 aliphatic rings. The molecule has 0 aromatic heterocycles. The lowest BCUT2D eigenvalue weighted by Gasteiger charge is -2.26. The Hall–Kier alpha value is -1.51. The summed E-state index contributed by atoms with van der Waals surface area (Å²) in [5.74, 6) is 0.669. The number of rotatable bonds is 6. The van der Waals surface area contributed by atoms with Crippen LogP contribution in [0.5, 0.6) is 0 Å². The van der Waals surface area contributed by atoms with Crippen LogP contribution < -0.4 is 10.6 Å². The lowest BCUT2D eigenvalue weighted by Crippen LogP contribution is -2.28. The van der Waals surface area contributed by atoms with Crippen molar-refractivity contribution < 1.29 is 4.79 Å². The number of hydrogen-bond acceptors (Lipinski definition) is 3. The Morgan fingerprint density at radius 3 is 2.50 bits per heavy atom. The third-order valence-corrected chi connectivity index (χ3v) is 3.39. The minimum atomic E-state index is 0.0176. The largest absolute Gasteiger partial charge is 0.398 e. The molecule has 0 radical (unpaired) electrons. The Kier molecular flexibility index (Phi) is 5.20. The van der Waals surface area contributed by atoms with Crippen LogP contribution in [-0.2, 0) is 0 Å². The van der Waals surface area contributed by atoms with E-state index in [1.807, 2.05) is 18.2 Å². The third kappa shape index (κ3) is 3.49. The highest BCUT2D eigenvalue weighted by molar-refractivity contribution is 5.99. The Balaban J connectivity index is 2.94. The van der Waals surface area contributed by atoms with Crippen molar-refractivity contribution in [2.45, 2.75) is 34.1 Å². The fourth-order valence-electron chi connectivity index (χ4n) is 1.99. The topological polar surface area (TPSA) is 46.3 Å². The summed E-state index contributed by atoms with van der Waals surface area (Å²) in [6.07, 6.45) is 1.16. The quantitative estimate of drug-likeness (QED) is 0.620. The van der Waals surface area contributed by atoms with Crippen molar-refractivity contribution in [1.29, 1.82) is 0 Å². The number of nitrogens with zero attached hydrogens (tertiary/aromatic N) is 1. The third-order valence-electron chi connectivity index (χ3n) is 3.39. The van der Waals surface area contributed by atoms with Crippen molar-refractivity contribution in [3.63, 3.8) is 0 Å². The zero-order valence-electron chi connectivity index (χ0n) is 11.9. The van der Waals surface area contributed by atoms with Crippen molar-refractivity contribution in [1.82, 2.24) is 0 Å². The summed E-state index contributed by atoms with van der Waals surface area (Å²) < 4.78 is 0. The summed E-state index contributed by atoms with van der Waals surface area (Å²) in [6.45, 7) is 10.1. The second kappa shape index (κ2) is 6.43. The Bertz CT molecular complexity index is 415. The number of ketones is 1. The van der Waals surface area contributed by atoms with Gasteiger partial charge in [0.15, 0.2) is 5.78 Å². The second-order valence-electron chi connectivity index (χ2n) is 4.88. The van der Waals surface area contributed by atoms with Crippen molar-refractivity contribution in [2.75, 3.05) is 23.7 Å². The first kappa shape index (κ1) is 14.6. The zero-order valence-corrected chi connectivity index (χ0v) is 11.9. The van der Waals surface area contributed by atoms with Gasteiger partial charge in [-0.2, -0.15) is 0 Å². The van der Waals surface area contributed by atoms with Crippen LogP contribution in [0.25, 0.3) is 0 Å². The lowest BCUT2D eigenvalue weighted by atomic mass is 10.1. The van der Waals surface area contributed by atoms with Crippen LogP contribution in [0.15, 0.2) is 18.2 Å². The Morgan fingerprint density at radius 2 is 2.06 bits per heavy atom. The summed E-state index contributed by atoms with van der Waals surface area (Å²) in [6, 6.07) is 5.72. The standard InChI is InChI=1S/C15H24N2O/c1-5-11(3)10-17(6-2)13-7-8-14(12(4)18)15(16)9-13/h7-9,11H,5-6,10,16H2,1-4H3. The summed E-state index contributed by atoms with van der Waals surface area (Å²) in [5.41, 5.74) is 8.21. The SMILES string of the molecule is CCC(C)CN(CC)c1ccc(C(C)=O)c(N)c1. The summed E-state index contributed by atoms with van der Waals surface area (Å²) >= 11 is 0. The van der Waals surface area contributed by atoms with E-state index in [-0.39, 0.29) is 5.78 Å². The van der Waals surface area contributed by atoms with Crippen LogP contribution in [0.1, 0.15) is 44.5 Å². The summed E-state index contributed by atoms with van der Waals surface area (Å²) in [5, 5.41) is 0. The van der Waals surface area contributed by atoms with Crippen LogP contribution in [0, 0.1) is 5.92 Å². The molecule has 0 aliphatic carbocycles. The molecule has 0 spiro atoms. The minimum absolute atomic E-state index is 0.0176. The fraction of sp³-hybridized carbons (Fsp3) is 0.533. The molecule has 0 amide bonds. The van der Waals surface area contributed by atoms with Gasteiger partial charge in [-0.1, -0.05) is 20.3 Å². The molecule has 0 aliphatic heterocycles.